The molecule has 1 saturated heterocycles. The number of ether oxygens (including phenoxy) is 1. The molecule has 282 valence electrons. The Morgan fingerprint density at radius 2 is 1.77 bits per heavy atom. The van der Waals surface area contributed by atoms with E-state index in [2.05, 4.69) is 15.4 Å². The molecule has 3 N–H and O–H groups in total. The number of rotatable bonds is 7. The first kappa shape index (κ1) is 36.6. The van der Waals surface area contributed by atoms with E-state index in [1.165, 1.54) is 15.9 Å². The van der Waals surface area contributed by atoms with Crippen molar-refractivity contribution < 1.29 is 41.5 Å². The standard InChI is InChI=1S/C38H44FN5O8S/c39-30-14-9-12-25-21-43(23-29(25)30)37(49)52-27-19-32-34(46)41-38(36(48)42-53(50,51)28-16-17-28)20-26(38)13-7-2-1-3-8-15-31(35(47)44(32)22-27)40-33(45)18-24-10-5-4-6-11-24/h4-7,9-14,26-28,31-32H,1-3,8,15-23H2,(H,40,45)(H,41,46)(H,42,48)/t26-,27-,31+,32?,38-/m1/s1. The first-order valence-corrected chi connectivity index (χ1v) is 19.9. The third kappa shape index (κ3) is 8.09. The van der Waals surface area contributed by atoms with Gasteiger partial charge in [0.1, 0.15) is 29.5 Å². The molecule has 3 heterocycles. The second-order valence-electron chi connectivity index (χ2n) is 14.8. The first-order valence-electron chi connectivity index (χ1n) is 18.3. The normalized spacial score (nSPS) is 27.3. The van der Waals surface area contributed by atoms with Gasteiger partial charge in [0.05, 0.1) is 24.8 Å². The van der Waals surface area contributed by atoms with Crippen LogP contribution in [0.15, 0.2) is 60.7 Å². The molecule has 5 atom stereocenters. The van der Waals surface area contributed by atoms with Crippen LogP contribution in [-0.2, 0) is 53.4 Å². The van der Waals surface area contributed by atoms with E-state index in [1.54, 1.807) is 12.1 Å². The van der Waals surface area contributed by atoms with Gasteiger partial charge in [0.2, 0.25) is 27.7 Å². The van der Waals surface area contributed by atoms with Crippen molar-refractivity contribution in [1.29, 1.82) is 0 Å². The number of allylic oxidation sites excluding steroid dienone is 1. The van der Waals surface area contributed by atoms with E-state index in [0.29, 0.717) is 43.2 Å². The first-order chi connectivity index (χ1) is 25.4. The van der Waals surface area contributed by atoms with Crippen LogP contribution in [0.2, 0.25) is 0 Å². The lowest BCUT2D eigenvalue weighted by atomic mass is 10.0. The van der Waals surface area contributed by atoms with E-state index >= 15 is 0 Å². The molecule has 13 nitrogen and oxygen atoms in total. The molecule has 2 aromatic rings. The predicted molar refractivity (Wildman–Crippen MR) is 189 cm³/mol. The summed E-state index contributed by atoms with van der Waals surface area (Å²) < 4.78 is 48.0. The smallest absolute Gasteiger partial charge is 0.410 e. The highest BCUT2D eigenvalue weighted by molar-refractivity contribution is 7.91. The highest BCUT2D eigenvalue weighted by Gasteiger charge is 2.62. The van der Waals surface area contributed by atoms with Crippen LogP contribution in [0.5, 0.6) is 0 Å². The minimum Gasteiger partial charge on any atom is -0.444 e. The monoisotopic (exact) mass is 749 g/mol. The lowest BCUT2D eigenvalue weighted by Gasteiger charge is -2.30. The summed E-state index contributed by atoms with van der Waals surface area (Å²) >= 11 is 0. The number of sulfonamides is 1. The van der Waals surface area contributed by atoms with E-state index in [0.717, 1.165) is 18.4 Å². The van der Waals surface area contributed by atoms with Crippen molar-refractivity contribution in [2.24, 2.45) is 5.92 Å². The molecule has 2 saturated carbocycles. The molecule has 3 fully saturated rings. The van der Waals surface area contributed by atoms with Crippen molar-refractivity contribution in [1.82, 2.24) is 25.2 Å². The number of nitrogens with one attached hydrogen (secondary N) is 3. The minimum atomic E-state index is -3.92. The second-order valence-corrected chi connectivity index (χ2v) is 16.7. The number of carbonyl (C=O) groups is 5. The molecule has 0 spiro atoms. The number of fused-ring (bicyclic) bond motifs is 3. The van der Waals surface area contributed by atoms with Crippen molar-refractivity contribution in [3.63, 3.8) is 0 Å². The molecule has 53 heavy (non-hydrogen) atoms. The topological polar surface area (TPSA) is 171 Å². The van der Waals surface area contributed by atoms with Gasteiger partial charge in [-0.25, -0.2) is 17.6 Å². The van der Waals surface area contributed by atoms with Crippen molar-refractivity contribution in [3.8, 4) is 0 Å². The molecule has 0 bridgehead atoms. The summed E-state index contributed by atoms with van der Waals surface area (Å²) in [6.45, 7) is -0.0234. The molecular formula is C38H44FN5O8S. The van der Waals surface area contributed by atoms with Crippen molar-refractivity contribution >= 4 is 39.7 Å². The average Bonchev–Trinajstić information content (AvgIpc) is 4.01. The zero-order valence-corrected chi connectivity index (χ0v) is 30.1. The third-order valence-corrected chi connectivity index (χ3v) is 12.7. The van der Waals surface area contributed by atoms with Crippen LogP contribution in [0.4, 0.5) is 9.18 Å². The minimum absolute atomic E-state index is 0.00590. The van der Waals surface area contributed by atoms with Crippen molar-refractivity contribution in [2.45, 2.75) is 106 Å². The van der Waals surface area contributed by atoms with Crippen LogP contribution in [-0.4, -0.2) is 83.5 Å². The van der Waals surface area contributed by atoms with Gasteiger partial charge in [-0.15, -0.1) is 0 Å². The van der Waals surface area contributed by atoms with Gasteiger partial charge >= 0.3 is 6.09 Å². The number of halogens is 1. The number of benzene rings is 2. The summed E-state index contributed by atoms with van der Waals surface area (Å²) in [6, 6.07) is 11.5. The molecule has 7 rings (SSSR count). The average molecular weight is 750 g/mol. The summed E-state index contributed by atoms with van der Waals surface area (Å²) in [5.41, 5.74) is 0.271. The van der Waals surface area contributed by atoms with Crippen LogP contribution in [0.25, 0.3) is 0 Å². The quantitative estimate of drug-likeness (QED) is 0.363. The molecule has 2 aliphatic carbocycles. The fourth-order valence-electron chi connectivity index (χ4n) is 7.60. The zero-order chi connectivity index (χ0) is 37.3. The second kappa shape index (κ2) is 14.9. The number of amides is 5. The molecule has 1 unspecified atom stereocenters. The highest BCUT2D eigenvalue weighted by atomic mass is 32.2. The van der Waals surface area contributed by atoms with Crippen LogP contribution >= 0.6 is 0 Å². The van der Waals surface area contributed by atoms with E-state index in [4.69, 9.17) is 4.74 Å². The summed E-state index contributed by atoms with van der Waals surface area (Å²) in [5, 5.41) is 5.03. The van der Waals surface area contributed by atoms with Gasteiger partial charge < -0.3 is 20.3 Å². The maximum atomic E-state index is 14.4. The van der Waals surface area contributed by atoms with Gasteiger partial charge in [-0.05, 0) is 55.7 Å². The van der Waals surface area contributed by atoms with Gasteiger partial charge in [-0.2, -0.15) is 0 Å². The molecule has 15 heteroatoms. The Labute approximate surface area is 307 Å². The highest BCUT2D eigenvalue weighted by Crippen LogP contribution is 2.46. The molecule has 3 aliphatic heterocycles. The summed E-state index contributed by atoms with van der Waals surface area (Å²) in [5.74, 6) is -3.33. The van der Waals surface area contributed by atoms with Crippen LogP contribution < -0.4 is 15.4 Å². The van der Waals surface area contributed by atoms with Gasteiger partial charge in [0, 0.05) is 24.4 Å². The number of carbonyl (C=O) groups excluding carboxylic acids is 5. The molecule has 0 radical (unpaired) electrons. The van der Waals surface area contributed by atoms with Gasteiger partial charge in [0.15, 0.2) is 0 Å². The third-order valence-electron chi connectivity index (χ3n) is 10.8. The Bertz CT molecular complexity index is 1920. The van der Waals surface area contributed by atoms with Gasteiger partial charge in [-0.3, -0.25) is 28.8 Å². The fraction of sp³-hybridized carbons (Fsp3) is 0.500. The summed E-state index contributed by atoms with van der Waals surface area (Å²) in [6.07, 6.45) is 6.21. The molecule has 5 amide bonds. The van der Waals surface area contributed by atoms with Crippen LogP contribution in [0, 0.1) is 11.7 Å². The fourth-order valence-corrected chi connectivity index (χ4v) is 8.96. The molecular weight excluding hydrogens is 706 g/mol. The molecule has 2 aromatic carbocycles. The Kier molecular flexibility index (Phi) is 10.3. The largest absolute Gasteiger partial charge is 0.444 e. The van der Waals surface area contributed by atoms with Crippen LogP contribution in [0.1, 0.15) is 74.5 Å². The lowest BCUT2D eigenvalue weighted by Crippen LogP contribution is -2.58. The van der Waals surface area contributed by atoms with E-state index in [-0.39, 0.29) is 44.8 Å². The van der Waals surface area contributed by atoms with Crippen molar-refractivity contribution in [3.05, 3.63) is 83.2 Å². The SMILES string of the molecule is O=C(Cc1ccccc1)N[C@H]1CCCCCC=C[C@@H]2C[C@@]2(C(=O)NS(=O)(=O)C2CC2)NC(=O)C2C[C@@H](OC(=O)N3Cc4cccc(F)c4C3)CN2C1=O. The maximum Gasteiger partial charge on any atom is 0.410 e. The molecule has 0 aromatic heterocycles. The molecule has 5 aliphatic rings. The number of hydrogen-bond acceptors (Lipinski definition) is 8. The predicted octanol–water partition coefficient (Wildman–Crippen LogP) is 2.98. The summed E-state index contributed by atoms with van der Waals surface area (Å²) in [7, 11) is -3.92. The Morgan fingerprint density at radius 1 is 0.981 bits per heavy atom. The van der Waals surface area contributed by atoms with E-state index in [9.17, 15) is 36.8 Å². The van der Waals surface area contributed by atoms with Gasteiger partial charge in [-0.1, -0.05) is 67.5 Å². The Hall–Kier alpha value is -4.79. The Morgan fingerprint density at radius 3 is 2.53 bits per heavy atom. The maximum absolute atomic E-state index is 14.4. The van der Waals surface area contributed by atoms with E-state index in [1.807, 2.05) is 42.5 Å². The summed E-state index contributed by atoms with van der Waals surface area (Å²) in [4.78, 5) is 71.5. The van der Waals surface area contributed by atoms with Crippen molar-refractivity contribution in [2.75, 3.05) is 6.54 Å². The number of nitrogens with zero attached hydrogens (tertiary/aromatic N) is 2. The van der Waals surface area contributed by atoms with Crippen LogP contribution in [0.3, 0.4) is 0 Å². The van der Waals surface area contributed by atoms with E-state index < -0.39 is 74.5 Å². The van der Waals surface area contributed by atoms with Gasteiger partial charge in [0.25, 0.3) is 5.91 Å². The number of hydrogen-bond donors (Lipinski definition) is 3. The zero-order valence-electron chi connectivity index (χ0n) is 29.3. The Balaban J connectivity index is 1.13. The lowest BCUT2D eigenvalue weighted by molar-refractivity contribution is -0.142.